The van der Waals surface area contributed by atoms with Crippen molar-refractivity contribution in [1.82, 2.24) is 16.0 Å². The van der Waals surface area contributed by atoms with E-state index in [1.54, 1.807) is 0 Å². The zero-order valence-electron chi connectivity index (χ0n) is 18.5. The molecule has 0 fully saturated rings. The Labute approximate surface area is 191 Å². The number of nitrogens with two attached hydrogens (primary N) is 3. The van der Waals surface area contributed by atoms with Gasteiger partial charge in [0.15, 0.2) is 12.0 Å². The molecule has 0 saturated heterocycles. The number of hydrogen-bond acceptors (Lipinski definition) is 8. The van der Waals surface area contributed by atoms with Crippen molar-refractivity contribution in [2.75, 3.05) is 18.6 Å². The van der Waals surface area contributed by atoms with E-state index in [2.05, 4.69) is 20.9 Å². The fourth-order valence-corrected chi connectivity index (χ4v) is 2.95. The molecule has 0 radical (unpaired) electrons. The van der Waals surface area contributed by atoms with Gasteiger partial charge in [-0.05, 0) is 45.1 Å². The molecule has 0 saturated carbocycles. The lowest BCUT2D eigenvalue weighted by Crippen LogP contribution is -2.57. The smallest absolute Gasteiger partial charge is 0.328 e. The third-order valence-electron chi connectivity index (χ3n) is 4.35. The van der Waals surface area contributed by atoms with E-state index in [0.29, 0.717) is 31.6 Å². The topological polar surface area (TPSA) is 235 Å². The molecule has 0 aromatic heterocycles. The van der Waals surface area contributed by atoms with Gasteiger partial charge in [0.1, 0.15) is 12.1 Å². The summed E-state index contributed by atoms with van der Waals surface area (Å²) in [4.78, 5) is 52.2. The van der Waals surface area contributed by atoms with Crippen molar-refractivity contribution < 1.29 is 29.4 Å². The second kappa shape index (κ2) is 15.3. The molecule has 0 spiro atoms. The number of rotatable bonds is 15. The average Bonchev–Trinajstić information content (AvgIpc) is 2.70. The third kappa shape index (κ3) is 11.7. The highest BCUT2D eigenvalue weighted by Crippen LogP contribution is 2.04. The van der Waals surface area contributed by atoms with Crippen molar-refractivity contribution in [1.29, 1.82) is 0 Å². The van der Waals surface area contributed by atoms with E-state index in [9.17, 15) is 24.3 Å². The zero-order valence-corrected chi connectivity index (χ0v) is 19.4. The van der Waals surface area contributed by atoms with Crippen molar-refractivity contribution in [3.8, 4) is 0 Å². The molecule has 0 aliphatic rings. The predicted molar refractivity (Wildman–Crippen MR) is 122 cm³/mol. The molecule has 11 N–H and O–H groups in total. The van der Waals surface area contributed by atoms with E-state index in [1.165, 1.54) is 25.6 Å². The SMILES string of the molecule is CSCCC(NC(=O)C(N)CCCN=C(N)N)C(=O)NC(C)C(=O)NC(C(=O)O)C(C)O. The van der Waals surface area contributed by atoms with Crippen LogP contribution in [-0.4, -0.2) is 88.7 Å². The van der Waals surface area contributed by atoms with E-state index >= 15 is 0 Å². The first-order valence-electron chi connectivity index (χ1n) is 10.0. The molecule has 0 aromatic rings. The van der Waals surface area contributed by atoms with Gasteiger partial charge in [0, 0.05) is 6.54 Å². The number of carbonyl (C=O) groups is 4. The van der Waals surface area contributed by atoms with Crippen LogP contribution in [0.5, 0.6) is 0 Å². The van der Waals surface area contributed by atoms with Crippen LogP contribution in [0.3, 0.4) is 0 Å². The Morgan fingerprint density at radius 1 is 1.00 bits per heavy atom. The minimum Gasteiger partial charge on any atom is -0.480 e. The molecule has 0 bridgehead atoms. The molecule has 13 nitrogen and oxygen atoms in total. The van der Waals surface area contributed by atoms with Gasteiger partial charge >= 0.3 is 5.97 Å². The highest BCUT2D eigenvalue weighted by molar-refractivity contribution is 7.98. The van der Waals surface area contributed by atoms with E-state index in [4.69, 9.17) is 22.3 Å². The van der Waals surface area contributed by atoms with Gasteiger partial charge in [0.05, 0.1) is 12.1 Å². The van der Waals surface area contributed by atoms with Crippen LogP contribution < -0.4 is 33.2 Å². The number of thioether (sulfide) groups is 1. The highest BCUT2D eigenvalue weighted by Gasteiger charge is 2.29. The summed E-state index contributed by atoms with van der Waals surface area (Å²) in [5, 5.41) is 25.7. The molecule has 32 heavy (non-hydrogen) atoms. The maximum absolute atomic E-state index is 12.6. The molecular weight excluding hydrogens is 442 g/mol. The van der Waals surface area contributed by atoms with Crippen molar-refractivity contribution in [2.45, 2.75) is 63.4 Å². The minimum atomic E-state index is -1.52. The van der Waals surface area contributed by atoms with Crippen molar-refractivity contribution in [2.24, 2.45) is 22.2 Å². The van der Waals surface area contributed by atoms with Gasteiger partial charge in [-0.25, -0.2) is 4.79 Å². The van der Waals surface area contributed by atoms with Crippen LogP contribution in [0.15, 0.2) is 4.99 Å². The molecule has 3 amide bonds. The van der Waals surface area contributed by atoms with Crippen LogP contribution in [-0.2, 0) is 19.2 Å². The lowest BCUT2D eigenvalue weighted by atomic mass is 10.1. The van der Waals surface area contributed by atoms with Crippen LogP contribution in [0.1, 0.15) is 33.1 Å². The standard InChI is InChI=1S/C18H35N7O6S/c1-9(14(27)25-13(10(2)26)17(30)31)23-16(29)12(6-8-32-3)24-15(28)11(19)5-4-7-22-18(20)21/h9-13,26H,4-8,19H2,1-3H3,(H,23,29)(H,24,28)(H,25,27)(H,30,31)(H4,20,21,22). The Morgan fingerprint density at radius 2 is 1.62 bits per heavy atom. The Morgan fingerprint density at radius 3 is 2.12 bits per heavy atom. The largest absolute Gasteiger partial charge is 0.480 e. The number of aliphatic carboxylic acids is 1. The number of carbonyl (C=O) groups excluding carboxylic acids is 3. The number of aliphatic imine (C=N–C) groups is 1. The van der Waals surface area contributed by atoms with Crippen LogP contribution in [0.2, 0.25) is 0 Å². The number of nitrogens with one attached hydrogen (secondary N) is 3. The second-order valence-corrected chi connectivity index (χ2v) is 8.18. The van der Waals surface area contributed by atoms with E-state index in [-0.39, 0.29) is 5.96 Å². The Bertz CT molecular complexity index is 672. The molecule has 0 aromatic carbocycles. The van der Waals surface area contributed by atoms with Crippen LogP contribution in [0, 0.1) is 0 Å². The zero-order chi connectivity index (χ0) is 24.8. The Hall–Kier alpha value is -2.58. The van der Waals surface area contributed by atoms with Crippen molar-refractivity contribution >= 4 is 41.4 Å². The molecule has 0 rings (SSSR count). The molecule has 5 atom stereocenters. The maximum Gasteiger partial charge on any atom is 0.328 e. The first kappa shape index (κ1) is 29.4. The molecule has 0 aliphatic heterocycles. The normalized spacial score (nSPS) is 15.4. The van der Waals surface area contributed by atoms with E-state index in [1.807, 2.05) is 6.26 Å². The van der Waals surface area contributed by atoms with Gasteiger partial charge in [0.25, 0.3) is 0 Å². The van der Waals surface area contributed by atoms with E-state index in [0.717, 1.165) is 0 Å². The summed E-state index contributed by atoms with van der Waals surface area (Å²) in [6.07, 6.45) is 1.57. The summed E-state index contributed by atoms with van der Waals surface area (Å²) >= 11 is 1.47. The quantitative estimate of drug-likeness (QED) is 0.0678. The lowest BCUT2D eigenvalue weighted by Gasteiger charge is -2.24. The van der Waals surface area contributed by atoms with Crippen molar-refractivity contribution in [3.63, 3.8) is 0 Å². The number of amides is 3. The summed E-state index contributed by atoms with van der Waals surface area (Å²) in [6.45, 7) is 2.89. The van der Waals surface area contributed by atoms with Gasteiger partial charge in [-0.1, -0.05) is 0 Å². The molecule has 184 valence electrons. The Kier molecular flexibility index (Phi) is 14.0. The Balaban J connectivity index is 4.94. The van der Waals surface area contributed by atoms with Crippen LogP contribution >= 0.6 is 11.8 Å². The average molecular weight is 478 g/mol. The number of hydrogen-bond donors (Lipinski definition) is 8. The molecule has 0 aliphatic carbocycles. The first-order valence-corrected chi connectivity index (χ1v) is 11.4. The number of guanidine groups is 1. The number of carboxylic acids is 1. The maximum atomic E-state index is 12.6. The summed E-state index contributed by atoms with van der Waals surface area (Å²) in [5.41, 5.74) is 16.3. The van der Waals surface area contributed by atoms with Crippen LogP contribution in [0.25, 0.3) is 0 Å². The summed E-state index contributed by atoms with van der Waals surface area (Å²) in [5.74, 6) is -2.86. The fourth-order valence-electron chi connectivity index (χ4n) is 2.48. The van der Waals surface area contributed by atoms with Crippen LogP contribution in [0.4, 0.5) is 0 Å². The van der Waals surface area contributed by atoms with Gasteiger partial charge in [-0.2, -0.15) is 11.8 Å². The number of nitrogens with zero attached hydrogens (tertiary/aromatic N) is 1. The number of carboxylic acid groups (broad SMARTS) is 1. The van der Waals surface area contributed by atoms with Crippen molar-refractivity contribution in [3.05, 3.63) is 0 Å². The fraction of sp³-hybridized carbons (Fsp3) is 0.722. The minimum absolute atomic E-state index is 0.0573. The third-order valence-corrected chi connectivity index (χ3v) is 4.99. The monoisotopic (exact) mass is 477 g/mol. The summed E-state index contributed by atoms with van der Waals surface area (Å²) in [7, 11) is 0. The molecular formula is C18H35N7O6S. The summed E-state index contributed by atoms with van der Waals surface area (Å²) < 4.78 is 0. The van der Waals surface area contributed by atoms with Gasteiger partial charge in [0.2, 0.25) is 17.7 Å². The molecule has 14 heteroatoms. The number of aliphatic hydroxyl groups is 1. The van der Waals surface area contributed by atoms with Gasteiger partial charge in [-0.15, -0.1) is 0 Å². The predicted octanol–water partition coefficient (Wildman–Crippen LogP) is -2.94. The number of aliphatic hydroxyl groups excluding tert-OH is 1. The molecule has 0 heterocycles. The first-order chi connectivity index (χ1) is 14.9. The molecule has 5 unspecified atom stereocenters. The highest BCUT2D eigenvalue weighted by atomic mass is 32.2. The van der Waals surface area contributed by atoms with E-state index < -0.39 is 54.0 Å². The summed E-state index contributed by atoms with van der Waals surface area (Å²) in [6, 6.07) is -4.45. The lowest BCUT2D eigenvalue weighted by molar-refractivity contribution is -0.145. The second-order valence-electron chi connectivity index (χ2n) is 7.19. The van der Waals surface area contributed by atoms with Gasteiger partial charge < -0.3 is 43.4 Å². The van der Waals surface area contributed by atoms with Gasteiger partial charge in [-0.3, -0.25) is 19.4 Å².